The van der Waals surface area contributed by atoms with Crippen LogP contribution < -0.4 is 5.73 Å². The van der Waals surface area contributed by atoms with Gasteiger partial charge in [0.1, 0.15) is 0 Å². The van der Waals surface area contributed by atoms with Gasteiger partial charge in [0.25, 0.3) is 0 Å². The Balaban J connectivity index is 2.33. The monoisotopic (exact) mass is 214 g/mol. The molecule has 84 valence electrons. The Morgan fingerprint density at radius 1 is 1.19 bits per heavy atom. The van der Waals surface area contributed by atoms with Crippen LogP contribution in [0.5, 0.6) is 0 Å². The van der Waals surface area contributed by atoms with Gasteiger partial charge in [-0.2, -0.15) is 0 Å². The summed E-state index contributed by atoms with van der Waals surface area (Å²) in [4.78, 5) is 0. The van der Waals surface area contributed by atoms with Crippen molar-refractivity contribution in [2.45, 2.75) is 26.3 Å². The Kier molecular flexibility index (Phi) is 3.11. The Morgan fingerprint density at radius 2 is 1.88 bits per heavy atom. The molecule has 2 N–H and O–H groups in total. The zero-order valence-corrected chi connectivity index (χ0v) is 9.85. The van der Waals surface area contributed by atoms with Crippen molar-refractivity contribution in [3.63, 3.8) is 0 Å². The summed E-state index contributed by atoms with van der Waals surface area (Å²) in [5, 5.41) is 0. The molecule has 1 aromatic heterocycles. The van der Waals surface area contributed by atoms with Crippen LogP contribution in [0.4, 0.5) is 0 Å². The van der Waals surface area contributed by atoms with Gasteiger partial charge in [-0.1, -0.05) is 17.7 Å². The molecule has 2 aromatic rings. The third kappa shape index (κ3) is 2.34. The Labute approximate surface area is 96.7 Å². The van der Waals surface area contributed by atoms with Crippen LogP contribution in [0.2, 0.25) is 0 Å². The van der Waals surface area contributed by atoms with E-state index in [9.17, 15) is 0 Å². The van der Waals surface area contributed by atoms with Gasteiger partial charge in [0.05, 0.1) is 0 Å². The van der Waals surface area contributed by atoms with Gasteiger partial charge in [-0.3, -0.25) is 0 Å². The molecule has 16 heavy (non-hydrogen) atoms. The largest absolute Gasteiger partial charge is 0.328 e. The minimum absolute atomic E-state index is 0.194. The zero-order chi connectivity index (χ0) is 11.5. The average molecular weight is 214 g/mol. The smallest absolute Gasteiger partial charge is 0.0452 e. The standard InChI is InChI=1S/C14H18N2/c1-11-5-7-13(8-6-11)16-9-3-4-14(16)10-12(2)15/h3-9,12H,10,15H2,1-2H3. The molecule has 0 fully saturated rings. The molecule has 0 spiro atoms. The lowest BCUT2D eigenvalue weighted by Crippen LogP contribution is -2.19. The molecule has 1 unspecified atom stereocenters. The third-order valence-corrected chi connectivity index (χ3v) is 2.68. The van der Waals surface area contributed by atoms with E-state index in [1.165, 1.54) is 16.9 Å². The van der Waals surface area contributed by atoms with E-state index in [1.807, 2.05) is 6.92 Å². The van der Waals surface area contributed by atoms with Gasteiger partial charge in [0.15, 0.2) is 0 Å². The summed E-state index contributed by atoms with van der Waals surface area (Å²) in [6, 6.07) is 12.9. The first-order valence-electron chi connectivity index (χ1n) is 5.65. The highest BCUT2D eigenvalue weighted by molar-refractivity contribution is 5.37. The average Bonchev–Trinajstić information content (AvgIpc) is 2.66. The van der Waals surface area contributed by atoms with E-state index < -0.39 is 0 Å². The predicted molar refractivity (Wildman–Crippen MR) is 67.9 cm³/mol. The zero-order valence-electron chi connectivity index (χ0n) is 9.85. The van der Waals surface area contributed by atoms with Crippen LogP contribution in [0.1, 0.15) is 18.2 Å². The van der Waals surface area contributed by atoms with Gasteiger partial charge in [0, 0.05) is 30.0 Å². The normalized spacial score (nSPS) is 12.7. The fourth-order valence-corrected chi connectivity index (χ4v) is 1.87. The maximum Gasteiger partial charge on any atom is 0.0452 e. The van der Waals surface area contributed by atoms with Crippen LogP contribution in [0, 0.1) is 6.92 Å². The van der Waals surface area contributed by atoms with E-state index >= 15 is 0 Å². The Morgan fingerprint density at radius 3 is 2.50 bits per heavy atom. The van der Waals surface area contributed by atoms with E-state index in [1.54, 1.807) is 0 Å². The highest BCUT2D eigenvalue weighted by Gasteiger charge is 2.05. The number of nitrogens with zero attached hydrogens (tertiary/aromatic N) is 1. The van der Waals surface area contributed by atoms with Crippen LogP contribution in [0.3, 0.4) is 0 Å². The minimum Gasteiger partial charge on any atom is -0.328 e. The van der Waals surface area contributed by atoms with Gasteiger partial charge >= 0.3 is 0 Å². The molecular formula is C14H18N2. The van der Waals surface area contributed by atoms with Crippen molar-refractivity contribution >= 4 is 0 Å². The molecule has 0 amide bonds. The number of aromatic nitrogens is 1. The highest BCUT2D eigenvalue weighted by atomic mass is 15.0. The molecule has 0 bridgehead atoms. The van der Waals surface area contributed by atoms with Gasteiger partial charge in [-0.15, -0.1) is 0 Å². The number of benzene rings is 1. The van der Waals surface area contributed by atoms with Crippen molar-refractivity contribution in [3.8, 4) is 5.69 Å². The molecule has 2 nitrogen and oxygen atoms in total. The van der Waals surface area contributed by atoms with Gasteiger partial charge in [-0.25, -0.2) is 0 Å². The van der Waals surface area contributed by atoms with Crippen molar-refractivity contribution < 1.29 is 0 Å². The van der Waals surface area contributed by atoms with E-state index in [0.29, 0.717) is 0 Å². The summed E-state index contributed by atoms with van der Waals surface area (Å²) in [5.74, 6) is 0. The van der Waals surface area contributed by atoms with Crippen molar-refractivity contribution in [3.05, 3.63) is 53.9 Å². The Bertz CT molecular complexity index is 452. The first-order chi connectivity index (χ1) is 7.66. The molecule has 2 heteroatoms. The summed E-state index contributed by atoms with van der Waals surface area (Å²) < 4.78 is 2.20. The molecule has 0 aliphatic carbocycles. The molecule has 1 atom stereocenters. The fourth-order valence-electron chi connectivity index (χ4n) is 1.87. The van der Waals surface area contributed by atoms with Crippen LogP contribution >= 0.6 is 0 Å². The molecule has 0 saturated heterocycles. The topological polar surface area (TPSA) is 30.9 Å². The first kappa shape index (κ1) is 11.0. The van der Waals surface area contributed by atoms with Crippen molar-refractivity contribution in [1.82, 2.24) is 4.57 Å². The first-order valence-corrected chi connectivity index (χ1v) is 5.65. The molecule has 0 radical (unpaired) electrons. The van der Waals surface area contributed by atoms with E-state index in [2.05, 4.69) is 54.1 Å². The lowest BCUT2D eigenvalue weighted by molar-refractivity contribution is 0.709. The predicted octanol–water partition coefficient (Wildman–Crippen LogP) is 2.68. The number of rotatable bonds is 3. The van der Waals surface area contributed by atoms with E-state index in [-0.39, 0.29) is 6.04 Å². The second kappa shape index (κ2) is 4.54. The molecule has 1 heterocycles. The molecule has 0 aliphatic heterocycles. The maximum absolute atomic E-state index is 5.84. The lowest BCUT2D eigenvalue weighted by atomic mass is 10.2. The van der Waals surface area contributed by atoms with Gasteiger partial charge < -0.3 is 10.3 Å². The number of hydrogen-bond acceptors (Lipinski definition) is 1. The lowest BCUT2D eigenvalue weighted by Gasteiger charge is -2.11. The summed E-state index contributed by atoms with van der Waals surface area (Å²) in [6.45, 7) is 4.13. The summed E-state index contributed by atoms with van der Waals surface area (Å²) in [5.41, 5.74) is 9.59. The quantitative estimate of drug-likeness (QED) is 0.836. The number of nitrogens with two attached hydrogens (primary N) is 1. The third-order valence-electron chi connectivity index (χ3n) is 2.68. The highest BCUT2D eigenvalue weighted by Crippen LogP contribution is 2.14. The number of aryl methyl sites for hydroxylation is 1. The summed E-state index contributed by atoms with van der Waals surface area (Å²) >= 11 is 0. The molecular weight excluding hydrogens is 196 g/mol. The van der Waals surface area contributed by atoms with Crippen molar-refractivity contribution in [2.75, 3.05) is 0 Å². The second-order valence-electron chi connectivity index (χ2n) is 4.39. The van der Waals surface area contributed by atoms with Gasteiger partial charge in [-0.05, 0) is 38.1 Å². The Hall–Kier alpha value is -1.54. The van der Waals surface area contributed by atoms with Crippen molar-refractivity contribution in [1.29, 1.82) is 0 Å². The molecule has 0 aliphatic rings. The summed E-state index contributed by atoms with van der Waals surface area (Å²) in [7, 11) is 0. The minimum atomic E-state index is 0.194. The van der Waals surface area contributed by atoms with Crippen LogP contribution in [-0.4, -0.2) is 10.6 Å². The van der Waals surface area contributed by atoms with Crippen molar-refractivity contribution in [2.24, 2.45) is 5.73 Å². The van der Waals surface area contributed by atoms with Crippen LogP contribution in [0.15, 0.2) is 42.6 Å². The SMILES string of the molecule is Cc1ccc(-n2cccc2CC(C)N)cc1. The van der Waals surface area contributed by atoms with Crippen LogP contribution in [-0.2, 0) is 6.42 Å². The number of hydrogen-bond donors (Lipinski definition) is 1. The fraction of sp³-hybridized carbons (Fsp3) is 0.286. The molecule has 1 aromatic carbocycles. The van der Waals surface area contributed by atoms with E-state index in [4.69, 9.17) is 5.73 Å². The molecule has 0 saturated carbocycles. The van der Waals surface area contributed by atoms with Crippen LogP contribution in [0.25, 0.3) is 5.69 Å². The second-order valence-corrected chi connectivity index (χ2v) is 4.39. The maximum atomic E-state index is 5.84. The van der Waals surface area contributed by atoms with Gasteiger partial charge in [0.2, 0.25) is 0 Å². The van der Waals surface area contributed by atoms with E-state index in [0.717, 1.165) is 6.42 Å². The summed E-state index contributed by atoms with van der Waals surface area (Å²) in [6.07, 6.45) is 2.99. The molecule has 2 rings (SSSR count).